The Morgan fingerprint density at radius 2 is 2.03 bits per heavy atom. The second kappa shape index (κ2) is 10.0. The van der Waals surface area contributed by atoms with Crippen LogP contribution in [-0.2, 0) is 11.2 Å². The highest BCUT2D eigenvalue weighted by Gasteiger charge is 2.20. The lowest BCUT2D eigenvalue weighted by atomic mass is 10.1. The molecule has 6 nitrogen and oxygen atoms in total. The van der Waals surface area contributed by atoms with Gasteiger partial charge in [-0.3, -0.25) is 9.20 Å². The van der Waals surface area contributed by atoms with E-state index in [0.29, 0.717) is 6.42 Å². The third kappa shape index (κ3) is 4.99. The van der Waals surface area contributed by atoms with Crippen LogP contribution in [0.3, 0.4) is 0 Å². The number of hydrogen-bond donors (Lipinski definition) is 1. The molecule has 4 aromatic rings. The zero-order chi connectivity index (χ0) is 20.8. The van der Waals surface area contributed by atoms with Crippen LogP contribution in [0.2, 0.25) is 0 Å². The summed E-state index contributed by atoms with van der Waals surface area (Å²) in [5.74, 6) is 1.81. The zero-order valence-corrected chi connectivity index (χ0v) is 18.6. The van der Waals surface area contributed by atoms with Gasteiger partial charge < -0.3 is 5.32 Å². The van der Waals surface area contributed by atoms with Gasteiger partial charge in [0.15, 0.2) is 11.5 Å². The number of aryl methyl sites for hydroxylation is 1. The molecule has 3 heterocycles. The van der Waals surface area contributed by atoms with E-state index >= 15 is 0 Å². The fourth-order valence-electron chi connectivity index (χ4n) is 3.45. The number of aromatic nitrogens is 4. The first kappa shape index (κ1) is 20.8. The zero-order valence-electron chi connectivity index (χ0n) is 17.0. The van der Waals surface area contributed by atoms with Crippen molar-refractivity contribution in [3.63, 3.8) is 0 Å². The van der Waals surface area contributed by atoms with Crippen LogP contribution >= 0.6 is 23.1 Å². The van der Waals surface area contributed by atoms with Crippen LogP contribution in [0.5, 0.6) is 0 Å². The van der Waals surface area contributed by atoms with Gasteiger partial charge in [0.25, 0.3) is 0 Å². The molecule has 30 heavy (non-hydrogen) atoms. The summed E-state index contributed by atoms with van der Waals surface area (Å²) in [7, 11) is 0. The number of thiazole rings is 1. The second-order valence-electron chi connectivity index (χ2n) is 7.17. The minimum atomic E-state index is -0.133. The molecular formula is C22H25N5OS2. The smallest absolute Gasteiger partial charge is 0.220 e. The maximum atomic E-state index is 12.6. The van der Waals surface area contributed by atoms with Gasteiger partial charge >= 0.3 is 0 Å². The number of hydrogen-bond acceptors (Lipinski definition) is 6. The molecule has 1 aromatic carbocycles. The molecule has 0 saturated heterocycles. The van der Waals surface area contributed by atoms with Crippen molar-refractivity contribution in [1.82, 2.24) is 24.9 Å². The number of carbonyl (C=O) groups is 1. The number of nitrogens with one attached hydrogen (secondary N) is 1. The molecule has 3 aromatic heterocycles. The second-order valence-corrected chi connectivity index (χ2v) is 9.27. The molecule has 0 saturated carbocycles. The van der Waals surface area contributed by atoms with E-state index in [0.717, 1.165) is 53.4 Å². The Kier molecular flexibility index (Phi) is 6.96. The number of para-hydroxylation sites is 1. The fraction of sp³-hybridized carbons (Fsp3) is 0.364. The molecule has 0 aliphatic heterocycles. The van der Waals surface area contributed by atoms with Gasteiger partial charge in [0, 0.05) is 12.6 Å². The average Bonchev–Trinajstić information content (AvgIpc) is 3.38. The summed E-state index contributed by atoms with van der Waals surface area (Å²) < 4.78 is 3.18. The van der Waals surface area contributed by atoms with Gasteiger partial charge in [0.2, 0.25) is 5.91 Å². The van der Waals surface area contributed by atoms with E-state index in [1.54, 1.807) is 23.1 Å². The van der Waals surface area contributed by atoms with Gasteiger partial charge in [-0.05, 0) is 62.0 Å². The largest absolute Gasteiger partial charge is 0.346 e. The Morgan fingerprint density at radius 3 is 2.90 bits per heavy atom. The van der Waals surface area contributed by atoms with Crippen molar-refractivity contribution >= 4 is 44.9 Å². The van der Waals surface area contributed by atoms with Gasteiger partial charge in [-0.2, -0.15) is 11.8 Å². The predicted molar refractivity (Wildman–Crippen MR) is 124 cm³/mol. The molecule has 1 N–H and O–H groups in total. The monoisotopic (exact) mass is 439 g/mol. The first-order valence-corrected chi connectivity index (χ1v) is 12.4. The molecule has 0 bridgehead atoms. The SMILES string of the molecule is CSCCC(NC(=O)CCCCc1nc2ccccc2s1)c1nnc2ccccn12. The maximum absolute atomic E-state index is 12.6. The van der Waals surface area contributed by atoms with E-state index in [1.807, 2.05) is 47.0 Å². The summed E-state index contributed by atoms with van der Waals surface area (Å²) in [4.78, 5) is 17.3. The minimum Gasteiger partial charge on any atom is -0.346 e. The van der Waals surface area contributed by atoms with Crippen molar-refractivity contribution in [2.24, 2.45) is 0 Å². The predicted octanol–water partition coefficient (Wildman–Crippen LogP) is 4.66. The first-order chi connectivity index (χ1) is 14.7. The van der Waals surface area contributed by atoms with Gasteiger partial charge in [0.1, 0.15) is 0 Å². The molecule has 4 rings (SSSR count). The van der Waals surface area contributed by atoms with Crippen LogP contribution in [-0.4, -0.2) is 37.5 Å². The Bertz CT molecular complexity index is 1090. The van der Waals surface area contributed by atoms with E-state index in [1.165, 1.54) is 4.70 Å². The Labute approximate surface area is 184 Å². The van der Waals surface area contributed by atoms with E-state index in [9.17, 15) is 4.79 Å². The quantitative estimate of drug-likeness (QED) is 0.364. The number of benzene rings is 1. The standard InChI is InChI=1S/C22H25N5OS2/c1-29-15-13-17(22-26-25-19-10-6-7-14-27(19)22)23-20(28)11-4-5-12-21-24-16-8-2-3-9-18(16)30-21/h2-3,6-10,14,17H,4-5,11-13,15H2,1H3,(H,23,28). The van der Waals surface area contributed by atoms with E-state index in [2.05, 4.69) is 32.8 Å². The summed E-state index contributed by atoms with van der Waals surface area (Å²) >= 11 is 3.51. The van der Waals surface area contributed by atoms with E-state index < -0.39 is 0 Å². The third-order valence-corrected chi connectivity index (χ3v) is 6.72. The number of unbranched alkanes of at least 4 members (excludes halogenated alkanes) is 1. The summed E-state index contributed by atoms with van der Waals surface area (Å²) in [5.41, 5.74) is 1.86. The molecular weight excluding hydrogens is 414 g/mol. The number of rotatable bonds is 10. The van der Waals surface area contributed by atoms with E-state index in [-0.39, 0.29) is 11.9 Å². The highest BCUT2D eigenvalue weighted by Crippen LogP contribution is 2.23. The molecule has 0 fully saturated rings. The molecule has 1 unspecified atom stereocenters. The van der Waals surface area contributed by atoms with Crippen molar-refractivity contribution < 1.29 is 4.79 Å². The van der Waals surface area contributed by atoms with Crippen molar-refractivity contribution in [3.05, 3.63) is 59.5 Å². The van der Waals surface area contributed by atoms with Crippen LogP contribution in [0.1, 0.15) is 42.6 Å². The highest BCUT2D eigenvalue weighted by atomic mass is 32.2. The summed E-state index contributed by atoms with van der Waals surface area (Å²) in [6.45, 7) is 0. The lowest BCUT2D eigenvalue weighted by molar-refractivity contribution is -0.122. The van der Waals surface area contributed by atoms with Crippen LogP contribution in [0, 0.1) is 0 Å². The maximum Gasteiger partial charge on any atom is 0.220 e. The molecule has 8 heteroatoms. The number of nitrogens with zero attached hydrogens (tertiary/aromatic N) is 4. The van der Waals surface area contributed by atoms with Gasteiger partial charge in [-0.1, -0.05) is 18.2 Å². The number of carbonyl (C=O) groups excluding carboxylic acids is 1. The van der Waals surface area contributed by atoms with Crippen molar-refractivity contribution in [3.8, 4) is 0 Å². The first-order valence-electron chi connectivity index (χ1n) is 10.2. The van der Waals surface area contributed by atoms with Gasteiger partial charge in [0.05, 0.1) is 21.3 Å². The van der Waals surface area contributed by atoms with Gasteiger partial charge in [-0.15, -0.1) is 21.5 Å². The third-order valence-electron chi connectivity index (χ3n) is 4.98. The molecule has 0 aliphatic carbocycles. The lowest BCUT2D eigenvalue weighted by Gasteiger charge is -2.17. The van der Waals surface area contributed by atoms with Crippen LogP contribution < -0.4 is 5.32 Å². The molecule has 0 spiro atoms. The van der Waals surface area contributed by atoms with Crippen LogP contribution in [0.4, 0.5) is 0 Å². The Morgan fingerprint density at radius 1 is 1.17 bits per heavy atom. The highest BCUT2D eigenvalue weighted by molar-refractivity contribution is 7.98. The lowest BCUT2D eigenvalue weighted by Crippen LogP contribution is -2.30. The summed E-state index contributed by atoms with van der Waals surface area (Å²) in [6.07, 6.45) is 8.07. The Balaban J connectivity index is 1.31. The van der Waals surface area contributed by atoms with Crippen molar-refractivity contribution in [2.45, 2.75) is 38.1 Å². The number of fused-ring (bicyclic) bond motifs is 2. The van der Waals surface area contributed by atoms with E-state index in [4.69, 9.17) is 0 Å². The average molecular weight is 440 g/mol. The molecule has 0 radical (unpaired) electrons. The summed E-state index contributed by atoms with van der Waals surface area (Å²) in [5, 5.41) is 12.9. The van der Waals surface area contributed by atoms with Crippen molar-refractivity contribution in [2.75, 3.05) is 12.0 Å². The fourth-order valence-corrected chi connectivity index (χ4v) is 4.93. The molecule has 1 amide bonds. The normalized spacial score (nSPS) is 12.4. The Hall–Kier alpha value is -2.45. The van der Waals surface area contributed by atoms with Crippen LogP contribution in [0.15, 0.2) is 48.7 Å². The number of amides is 1. The topological polar surface area (TPSA) is 72.2 Å². The number of thioether (sulfide) groups is 1. The molecule has 0 aliphatic rings. The van der Waals surface area contributed by atoms with Gasteiger partial charge in [-0.25, -0.2) is 4.98 Å². The van der Waals surface area contributed by atoms with Crippen molar-refractivity contribution in [1.29, 1.82) is 0 Å². The molecule has 1 atom stereocenters. The summed E-state index contributed by atoms with van der Waals surface area (Å²) in [6, 6.07) is 13.9. The molecule has 156 valence electrons. The number of pyridine rings is 1. The minimum absolute atomic E-state index is 0.0677. The van der Waals surface area contributed by atoms with Crippen LogP contribution in [0.25, 0.3) is 15.9 Å².